The van der Waals surface area contributed by atoms with Gasteiger partial charge in [-0.25, -0.2) is 9.97 Å². The Labute approximate surface area is 117 Å². The first kappa shape index (κ1) is 13.3. The molecular formula is C13H18N4O3. The summed E-state index contributed by atoms with van der Waals surface area (Å²) in [7, 11) is 0. The van der Waals surface area contributed by atoms with Crippen molar-refractivity contribution in [2.45, 2.75) is 0 Å². The molecule has 2 saturated heterocycles. The summed E-state index contributed by atoms with van der Waals surface area (Å²) in [5, 5.41) is 0. The molecule has 1 aromatic rings. The molecule has 7 nitrogen and oxygen atoms in total. The summed E-state index contributed by atoms with van der Waals surface area (Å²) in [5.41, 5.74) is 0.448. The third kappa shape index (κ3) is 2.88. The second-order valence-corrected chi connectivity index (χ2v) is 4.75. The molecule has 2 fully saturated rings. The highest BCUT2D eigenvalue weighted by molar-refractivity contribution is 5.92. The van der Waals surface area contributed by atoms with Gasteiger partial charge in [0.2, 0.25) is 5.95 Å². The molecule has 0 radical (unpaired) electrons. The van der Waals surface area contributed by atoms with Crippen LogP contribution >= 0.6 is 0 Å². The number of aromatic nitrogens is 2. The van der Waals surface area contributed by atoms with E-state index in [1.54, 1.807) is 17.2 Å². The van der Waals surface area contributed by atoms with Crippen molar-refractivity contribution in [3.05, 3.63) is 18.0 Å². The molecule has 0 unspecified atom stereocenters. The quantitative estimate of drug-likeness (QED) is 0.745. The Bertz CT molecular complexity index is 470. The molecule has 1 aromatic heterocycles. The SMILES string of the molecule is O=C(c1ccnc(N2CCOCC2)n1)N1CCOCC1. The van der Waals surface area contributed by atoms with Gasteiger partial charge in [-0.15, -0.1) is 0 Å². The first-order valence-corrected chi connectivity index (χ1v) is 6.87. The predicted octanol–water partition coefficient (Wildman–Crippen LogP) is -0.214. The summed E-state index contributed by atoms with van der Waals surface area (Å²) in [5.74, 6) is 0.553. The van der Waals surface area contributed by atoms with Crippen molar-refractivity contribution in [1.82, 2.24) is 14.9 Å². The molecule has 0 aliphatic carbocycles. The number of morpholine rings is 2. The molecule has 0 aromatic carbocycles. The highest BCUT2D eigenvalue weighted by Gasteiger charge is 2.21. The van der Waals surface area contributed by atoms with Crippen LogP contribution in [0.3, 0.4) is 0 Å². The van der Waals surface area contributed by atoms with Gasteiger partial charge in [0.25, 0.3) is 5.91 Å². The van der Waals surface area contributed by atoms with Crippen LogP contribution < -0.4 is 4.90 Å². The highest BCUT2D eigenvalue weighted by Crippen LogP contribution is 2.12. The van der Waals surface area contributed by atoms with E-state index in [1.807, 2.05) is 4.90 Å². The number of hydrogen-bond acceptors (Lipinski definition) is 6. The smallest absolute Gasteiger partial charge is 0.272 e. The minimum absolute atomic E-state index is 0.0507. The number of carbonyl (C=O) groups excluding carboxylic acids is 1. The van der Waals surface area contributed by atoms with Gasteiger partial charge in [0.1, 0.15) is 5.69 Å². The lowest BCUT2D eigenvalue weighted by Crippen LogP contribution is -2.41. The van der Waals surface area contributed by atoms with E-state index < -0.39 is 0 Å². The van der Waals surface area contributed by atoms with Crippen molar-refractivity contribution in [3.63, 3.8) is 0 Å². The second-order valence-electron chi connectivity index (χ2n) is 4.75. The lowest BCUT2D eigenvalue weighted by atomic mass is 10.3. The molecule has 3 rings (SSSR count). The van der Waals surface area contributed by atoms with E-state index in [-0.39, 0.29) is 5.91 Å². The lowest BCUT2D eigenvalue weighted by Gasteiger charge is -2.28. The van der Waals surface area contributed by atoms with E-state index in [0.29, 0.717) is 51.2 Å². The standard InChI is InChI=1S/C13H18N4O3/c18-12(16-3-7-19-8-4-16)11-1-2-14-13(15-11)17-5-9-20-10-6-17/h1-2H,3-10H2. The van der Waals surface area contributed by atoms with Crippen LogP contribution in [0.4, 0.5) is 5.95 Å². The topological polar surface area (TPSA) is 67.8 Å². The van der Waals surface area contributed by atoms with Gasteiger partial charge in [-0.05, 0) is 6.07 Å². The molecule has 20 heavy (non-hydrogen) atoms. The summed E-state index contributed by atoms with van der Waals surface area (Å²) < 4.78 is 10.6. The maximum Gasteiger partial charge on any atom is 0.272 e. The Morgan fingerprint density at radius 3 is 2.40 bits per heavy atom. The number of ether oxygens (including phenoxy) is 2. The maximum atomic E-state index is 12.4. The molecular weight excluding hydrogens is 260 g/mol. The fourth-order valence-corrected chi connectivity index (χ4v) is 2.31. The van der Waals surface area contributed by atoms with Crippen molar-refractivity contribution in [2.24, 2.45) is 0 Å². The number of carbonyl (C=O) groups is 1. The van der Waals surface area contributed by atoms with E-state index in [9.17, 15) is 4.79 Å². The fraction of sp³-hybridized carbons (Fsp3) is 0.615. The molecule has 108 valence electrons. The molecule has 0 atom stereocenters. The van der Waals surface area contributed by atoms with Crippen LogP contribution in [-0.4, -0.2) is 73.4 Å². The van der Waals surface area contributed by atoms with Crippen LogP contribution in [-0.2, 0) is 9.47 Å². The number of amides is 1. The molecule has 0 saturated carbocycles. The first-order valence-electron chi connectivity index (χ1n) is 6.87. The average Bonchev–Trinajstić information content (AvgIpc) is 2.56. The molecule has 2 aliphatic rings. The maximum absolute atomic E-state index is 12.4. The van der Waals surface area contributed by atoms with Gasteiger partial charge in [-0.1, -0.05) is 0 Å². The fourth-order valence-electron chi connectivity index (χ4n) is 2.31. The summed E-state index contributed by atoms with van der Waals surface area (Å²) in [6, 6.07) is 1.67. The molecule has 0 N–H and O–H groups in total. The van der Waals surface area contributed by atoms with E-state index in [2.05, 4.69) is 9.97 Å². The van der Waals surface area contributed by atoms with E-state index >= 15 is 0 Å². The van der Waals surface area contributed by atoms with Gasteiger partial charge in [0, 0.05) is 32.4 Å². The van der Waals surface area contributed by atoms with Crippen LogP contribution in [0.25, 0.3) is 0 Å². The number of rotatable bonds is 2. The normalized spacial score (nSPS) is 20.0. The Morgan fingerprint density at radius 1 is 1.05 bits per heavy atom. The van der Waals surface area contributed by atoms with Crippen LogP contribution in [0.15, 0.2) is 12.3 Å². The van der Waals surface area contributed by atoms with Gasteiger partial charge in [-0.3, -0.25) is 4.79 Å². The third-order valence-electron chi connectivity index (χ3n) is 3.45. The minimum Gasteiger partial charge on any atom is -0.378 e. The predicted molar refractivity (Wildman–Crippen MR) is 71.8 cm³/mol. The van der Waals surface area contributed by atoms with E-state index in [0.717, 1.165) is 13.1 Å². The zero-order valence-electron chi connectivity index (χ0n) is 11.3. The second kappa shape index (κ2) is 6.15. The van der Waals surface area contributed by atoms with Crippen LogP contribution in [0, 0.1) is 0 Å². The van der Waals surface area contributed by atoms with E-state index in [1.165, 1.54) is 0 Å². The molecule has 3 heterocycles. The van der Waals surface area contributed by atoms with Gasteiger partial charge >= 0.3 is 0 Å². The molecule has 2 aliphatic heterocycles. The average molecular weight is 278 g/mol. The Morgan fingerprint density at radius 2 is 1.70 bits per heavy atom. The monoisotopic (exact) mass is 278 g/mol. The third-order valence-corrected chi connectivity index (χ3v) is 3.45. The van der Waals surface area contributed by atoms with Crippen molar-refractivity contribution < 1.29 is 14.3 Å². The van der Waals surface area contributed by atoms with Gasteiger partial charge < -0.3 is 19.3 Å². The van der Waals surface area contributed by atoms with Crippen molar-refractivity contribution in [1.29, 1.82) is 0 Å². The summed E-state index contributed by atoms with van der Waals surface area (Å²) in [4.78, 5) is 24.8. The Kier molecular flexibility index (Phi) is 4.08. The van der Waals surface area contributed by atoms with Gasteiger partial charge in [-0.2, -0.15) is 0 Å². The summed E-state index contributed by atoms with van der Waals surface area (Å²) in [6.07, 6.45) is 1.64. The molecule has 7 heteroatoms. The Hall–Kier alpha value is -1.73. The van der Waals surface area contributed by atoms with Crippen molar-refractivity contribution in [2.75, 3.05) is 57.5 Å². The molecule has 0 bridgehead atoms. The van der Waals surface area contributed by atoms with E-state index in [4.69, 9.17) is 9.47 Å². The summed E-state index contributed by atoms with van der Waals surface area (Å²) in [6.45, 7) is 5.28. The number of anilines is 1. The highest BCUT2D eigenvalue weighted by atomic mass is 16.5. The zero-order chi connectivity index (χ0) is 13.8. The zero-order valence-corrected chi connectivity index (χ0v) is 11.3. The number of hydrogen-bond donors (Lipinski definition) is 0. The lowest BCUT2D eigenvalue weighted by molar-refractivity contribution is 0.0299. The largest absolute Gasteiger partial charge is 0.378 e. The van der Waals surface area contributed by atoms with Crippen LogP contribution in [0.1, 0.15) is 10.5 Å². The van der Waals surface area contributed by atoms with Crippen LogP contribution in [0.2, 0.25) is 0 Å². The van der Waals surface area contributed by atoms with Gasteiger partial charge in [0.05, 0.1) is 26.4 Å². The van der Waals surface area contributed by atoms with Crippen molar-refractivity contribution >= 4 is 11.9 Å². The van der Waals surface area contributed by atoms with Crippen molar-refractivity contribution in [3.8, 4) is 0 Å². The molecule has 0 spiro atoms. The number of nitrogens with zero attached hydrogens (tertiary/aromatic N) is 4. The van der Waals surface area contributed by atoms with Gasteiger partial charge in [0.15, 0.2) is 0 Å². The Balaban J connectivity index is 1.74. The van der Waals surface area contributed by atoms with Crippen LogP contribution in [0.5, 0.6) is 0 Å². The summed E-state index contributed by atoms with van der Waals surface area (Å²) >= 11 is 0. The minimum atomic E-state index is -0.0507. The first-order chi connectivity index (χ1) is 9.84. The molecule has 1 amide bonds.